The first-order valence-corrected chi connectivity index (χ1v) is 6.70. The molecule has 114 valence electrons. The van der Waals surface area contributed by atoms with Crippen LogP contribution in [0.2, 0.25) is 0 Å². The highest BCUT2D eigenvalue weighted by atomic mass is 16.6. The summed E-state index contributed by atoms with van der Waals surface area (Å²) in [5, 5.41) is 10.9. The normalized spacial score (nSPS) is 10.3. The topological polar surface area (TPSA) is 78.7 Å². The molecule has 0 amide bonds. The number of benzene rings is 2. The Bertz CT molecular complexity index is 696. The highest BCUT2D eigenvalue weighted by molar-refractivity contribution is 5.94. The molecule has 2 rings (SSSR count). The maximum absolute atomic E-state index is 12.3. The van der Waals surface area contributed by atoms with Crippen molar-refractivity contribution in [1.29, 1.82) is 0 Å². The van der Waals surface area contributed by atoms with Gasteiger partial charge in [0.15, 0.2) is 0 Å². The number of nitro benzene ring substituents is 1. The van der Waals surface area contributed by atoms with Gasteiger partial charge < -0.3 is 9.47 Å². The summed E-state index contributed by atoms with van der Waals surface area (Å²) in [6.07, 6.45) is -0.111. The molecule has 0 aliphatic rings. The van der Waals surface area contributed by atoms with Crippen molar-refractivity contribution in [2.45, 2.75) is 20.0 Å². The van der Waals surface area contributed by atoms with E-state index in [2.05, 4.69) is 0 Å². The van der Waals surface area contributed by atoms with Gasteiger partial charge >= 0.3 is 11.7 Å². The zero-order valence-electron chi connectivity index (χ0n) is 12.2. The van der Waals surface area contributed by atoms with Gasteiger partial charge in [-0.2, -0.15) is 0 Å². The van der Waals surface area contributed by atoms with Crippen LogP contribution < -0.4 is 9.47 Å². The molecule has 0 spiro atoms. The van der Waals surface area contributed by atoms with Crippen LogP contribution in [0.1, 0.15) is 24.2 Å². The van der Waals surface area contributed by atoms with Crippen LogP contribution in [0, 0.1) is 10.1 Å². The van der Waals surface area contributed by atoms with Crippen LogP contribution in [0.15, 0.2) is 48.5 Å². The molecule has 0 heterocycles. The molecule has 0 aliphatic carbocycles. The van der Waals surface area contributed by atoms with E-state index in [-0.39, 0.29) is 23.1 Å². The van der Waals surface area contributed by atoms with Crippen molar-refractivity contribution >= 4 is 11.7 Å². The molecular formula is C16H15NO5. The average Bonchev–Trinajstić information content (AvgIpc) is 2.47. The third-order valence-electron chi connectivity index (χ3n) is 2.73. The molecule has 0 bridgehead atoms. The number of ether oxygens (including phenoxy) is 2. The molecule has 0 atom stereocenters. The minimum Gasteiger partial charge on any atom is -0.490 e. The molecule has 2 aromatic carbocycles. The standard InChI is InChI=1S/C16H15NO5/c1-11(2)21-14-9-5-3-7-12(14)16(18)22-15-10-6-4-8-13(15)17(19)20/h3-11H,1-2H3. The number of carbonyl (C=O) groups is 1. The number of hydrogen-bond acceptors (Lipinski definition) is 5. The Morgan fingerprint density at radius 2 is 1.64 bits per heavy atom. The Kier molecular flexibility index (Phi) is 4.73. The number of hydrogen-bond donors (Lipinski definition) is 0. The molecule has 0 unspecified atom stereocenters. The first kappa shape index (κ1) is 15.5. The summed E-state index contributed by atoms with van der Waals surface area (Å²) in [6.45, 7) is 3.67. The van der Waals surface area contributed by atoms with Gasteiger partial charge in [-0.15, -0.1) is 0 Å². The second-order valence-electron chi connectivity index (χ2n) is 4.78. The van der Waals surface area contributed by atoms with Crippen molar-refractivity contribution in [3.05, 3.63) is 64.2 Å². The van der Waals surface area contributed by atoms with Gasteiger partial charge in [0.1, 0.15) is 11.3 Å². The Balaban J connectivity index is 2.29. The van der Waals surface area contributed by atoms with Crippen molar-refractivity contribution in [1.82, 2.24) is 0 Å². The number of para-hydroxylation sites is 3. The number of nitro groups is 1. The largest absolute Gasteiger partial charge is 0.490 e. The number of rotatable bonds is 5. The molecule has 0 aromatic heterocycles. The van der Waals surface area contributed by atoms with Gasteiger partial charge in [-0.05, 0) is 32.0 Å². The SMILES string of the molecule is CC(C)Oc1ccccc1C(=O)Oc1ccccc1[N+](=O)[O-]. The maximum atomic E-state index is 12.3. The fourth-order valence-electron chi connectivity index (χ4n) is 1.84. The predicted molar refractivity (Wildman–Crippen MR) is 80.3 cm³/mol. The van der Waals surface area contributed by atoms with Crippen LogP contribution in [0.25, 0.3) is 0 Å². The first-order chi connectivity index (χ1) is 10.5. The lowest BCUT2D eigenvalue weighted by atomic mass is 10.2. The molecule has 0 fully saturated rings. The van der Waals surface area contributed by atoms with Crippen LogP contribution in [0.4, 0.5) is 5.69 Å². The zero-order chi connectivity index (χ0) is 16.1. The van der Waals surface area contributed by atoms with Gasteiger partial charge in [0.2, 0.25) is 5.75 Å². The van der Waals surface area contributed by atoms with E-state index in [1.54, 1.807) is 30.3 Å². The average molecular weight is 301 g/mol. The lowest BCUT2D eigenvalue weighted by Crippen LogP contribution is -2.14. The van der Waals surface area contributed by atoms with Crippen LogP contribution in [0.3, 0.4) is 0 Å². The van der Waals surface area contributed by atoms with E-state index >= 15 is 0 Å². The molecule has 0 aliphatic heterocycles. The summed E-state index contributed by atoms with van der Waals surface area (Å²) < 4.78 is 10.7. The Morgan fingerprint density at radius 1 is 1.05 bits per heavy atom. The Morgan fingerprint density at radius 3 is 2.27 bits per heavy atom. The fourth-order valence-corrected chi connectivity index (χ4v) is 1.84. The third-order valence-corrected chi connectivity index (χ3v) is 2.73. The second kappa shape index (κ2) is 6.71. The molecular weight excluding hydrogens is 286 g/mol. The fraction of sp³-hybridized carbons (Fsp3) is 0.188. The van der Waals surface area contributed by atoms with Gasteiger partial charge in [0, 0.05) is 6.07 Å². The molecule has 2 aromatic rings. The Hall–Kier alpha value is -2.89. The van der Waals surface area contributed by atoms with E-state index in [1.807, 2.05) is 13.8 Å². The predicted octanol–water partition coefficient (Wildman–Crippen LogP) is 3.60. The second-order valence-corrected chi connectivity index (χ2v) is 4.78. The van der Waals surface area contributed by atoms with E-state index in [0.717, 1.165) is 0 Å². The van der Waals surface area contributed by atoms with E-state index in [4.69, 9.17) is 9.47 Å². The van der Waals surface area contributed by atoms with E-state index < -0.39 is 10.9 Å². The summed E-state index contributed by atoms with van der Waals surface area (Å²) in [4.78, 5) is 22.6. The van der Waals surface area contributed by atoms with E-state index in [0.29, 0.717) is 5.75 Å². The lowest BCUT2D eigenvalue weighted by Gasteiger charge is -2.13. The van der Waals surface area contributed by atoms with E-state index in [1.165, 1.54) is 18.2 Å². The lowest BCUT2D eigenvalue weighted by molar-refractivity contribution is -0.385. The van der Waals surface area contributed by atoms with Gasteiger partial charge in [0.05, 0.1) is 11.0 Å². The molecule has 6 nitrogen and oxygen atoms in total. The monoisotopic (exact) mass is 301 g/mol. The van der Waals surface area contributed by atoms with Crippen molar-refractivity contribution in [2.24, 2.45) is 0 Å². The summed E-state index contributed by atoms with van der Waals surface area (Å²) >= 11 is 0. The summed E-state index contributed by atoms with van der Waals surface area (Å²) in [7, 11) is 0. The van der Waals surface area contributed by atoms with Crippen molar-refractivity contribution in [2.75, 3.05) is 0 Å². The summed E-state index contributed by atoms with van der Waals surface area (Å²) in [6, 6.07) is 12.3. The zero-order valence-corrected chi connectivity index (χ0v) is 12.2. The van der Waals surface area contributed by atoms with Crippen molar-refractivity contribution < 1.29 is 19.2 Å². The number of esters is 1. The smallest absolute Gasteiger partial charge is 0.347 e. The minimum absolute atomic E-state index is 0.100. The first-order valence-electron chi connectivity index (χ1n) is 6.70. The van der Waals surface area contributed by atoms with Gasteiger partial charge in [-0.3, -0.25) is 10.1 Å². The molecule has 0 saturated heterocycles. The van der Waals surface area contributed by atoms with Crippen LogP contribution >= 0.6 is 0 Å². The molecule has 6 heteroatoms. The third kappa shape index (κ3) is 3.60. The molecule has 0 radical (unpaired) electrons. The number of nitrogens with zero attached hydrogens (tertiary/aromatic N) is 1. The summed E-state index contributed by atoms with van der Waals surface area (Å²) in [5.41, 5.74) is -0.0486. The molecule has 0 N–H and O–H groups in total. The quantitative estimate of drug-likeness (QED) is 0.365. The van der Waals surface area contributed by atoms with Crippen LogP contribution in [0.5, 0.6) is 11.5 Å². The Labute approximate surface area is 127 Å². The molecule has 22 heavy (non-hydrogen) atoms. The van der Waals surface area contributed by atoms with E-state index in [9.17, 15) is 14.9 Å². The minimum atomic E-state index is -0.703. The highest BCUT2D eigenvalue weighted by Crippen LogP contribution is 2.28. The number of carbonyl (C=O) groups excluding carboxylic acids is 1. The molecule has 0 saturated carbocycles. The van der Waals surface area contributed by atoms with Crippen molar-refractivity contribution in [3.8, 4) is 11.5 Å². The van der Waals surface area contributed by atoms with Gasteiger partial charge in [0.25, 0.3) is 0 Å². The van der Waals surface area contributed by atoms with Crippen LogP contribution in [-0.4, -0.2) is 17.0 Å². The highest BCUT2D eigenvalue weighted by Gasteiger charge is 2.20. The van der Waals surface area contributed by atoms with Gasteiger partial charge in [-0.25, -0.2) is 4.79 Å². The van der Waals surface area contributed by atoms with Crippen LogP contribution in [-0.2, 0) is 0 Å². The maximum Gasteiger partial charge on any atom is 0.347 e. The summed E-state index contributed by atoms with van der Waals surface area (Å²) in [5.74, 6) is -0.427. The van der Waals surface area contributed by atoms with Crippen molar-refractivity contribution in [3.63, 3.8) is 0 Å². The van der Waals surface area contributed by atoms with Gasteiger partial charge in [-0.1, -0.05) is 24.3 Å².